The lowest BCUT2D eigenvalue weighted by Gasteiger charge is -2.02. The van der Waals surface area contributed by atoms with Crippen LogP contribution < -0.4 is 11.2 Å². The van der Waals surface area contributed by atoms with Gasteiger partial charge in [0.15, 0.2) is 0 Å². The summed E-state index contributed by atoms with van der Waals surface area (Å²) < 4.78 is 0.859. The van der Waals surface area contributed by atoms with Gasteiger partial charge in [-0.05, 0) is 29.4 Å². The molecule has 0 spiro atoms. The number of aryl methyl sites for hydroxylation is 1. The van der Waals surface area contributed by atoms with Gasteiger partial charge in [-0.1, -0.05) is 12.1 Å². The van der Waals surface area contributed by atoms with Crippen LogP contribution in [-0.2, 0) is 0 Å². The molecule has 0 bridgehead atoms. The standard InChI is InChI=1S/C9H10BNO2S/c1-5-2-3-7(10(12)13)9-6(5)4-8(11)14-9/h2-4,12-13H,11H2,1H3. The quantitative estimate of drug-likeness (QED) is 0.595. The van der Waals surface area contributed by atoms with Crippen LogP contribution in [0.4, 0.5) is 5.00 Å². The van der Waals surface area contributed by atoms with Gasteiger partial charge in [0.25, 0.3) is 0 Å². The molecule has 14 heavy (non-hydrogen) atoms. The van der Waals surface area contributed by atoms with Crippen molar-refractivity contribution in [2.24, 2.45) is 0 Å². The van der Waals surface area contributed by atoms with E-state index in [4.69, 9.17) is 15.8 Å². The van der Waals surface area contributed by atoms with Gasteiger partial charge in [-0.25, -0.2) is 0 Å². The van der Waals surface area contributed by atoms with Gasteiger partial charge in [-0.15, -0.1) is 11.3 Å². The maximum atomic E-state index is 9.14. The first-order valence-corrected chi connectivity index (χ1v) is 5.06. The Morgan fingerprint density at radius 1 is 1.36 bits per heavy atom. The van der Waals surface area contributed by atoms with Gasteiger partial charge in [0.1, 0.15) is 0 Å². The van der Waals surface area contributed by atoms with Crippen LogP contribution in [0.15, 0.2) is 18.2 Å². The lowest BCUT2D eigenvalue weighted by molar-refractivity contribution is 0.426. The number of hydrogen-bond acceptors (Lipinski definition) is 4. The van der Waals surface area contributed by atoms with Crippen LogP contribution in [0.25, 0.3) is 10.1 Å². The highest BCUT2D eigenvalue weighted by Crippen LogP contribution is 2.28. The number of hydrogen-bond donors (Lipinski definition) is 3. The fourth-order valence-electron chi connectivity index (χ4n) is 1.50. The summed E-state index contributed by atoms with van der Waals surface area (Å²) in [4.78, 5) is 0. The largest absolute Gasteiger partial charge is 0.489 e. The molecular weight excluding hydrogens is 197 g/mol. The van der Waals surface area contributed by atoms with Crippen molar-refractivity contribution >= 4 is 39.0 Å². The summed E-state index contributed by atoms with van der Waals surface area (Å²) in [6.07, 6.45) is 0. The summed E-state index contributed by atoms with van der Waals surface area (Å²) in [5.41, 5.74) is 7.30. The molecule has 1 aromatic heterocycles. The fourth-order valence-corrected chi connectivity index (χ4v) is 2.53. The SMILES string of the molecule is Cc1ccc(B(O)O)c2sc(N)cc12. The Balaban J connectivity index is 2.81. The molecule has 5 heteroatoms. The molecule has 72 valence electrons. The van der Waals surface area contributed by atoms with Crippen LogP contribution in [-0.4, -0.2) is 17.2 Å². The van der Waals surface area contributed by atoms with Crippen molar-refractivity contribution < 1.29 is 10.0 Å². The molecule has 4 N–H and O–H groups in total. The summed E-state index contributed by atoms with van der Waals surface area (Å²) in [5, 5.41) is 20.0. The highest BCUT2D eigenvalue weighted by molar-refractivity contribution is 7.24. The van der Waals surface area contributed by atoms with Crippen molar-refractivity contribution in [3.63, 3.8) is 0 Å². The fraction of sp³-hybridized carbons (Fsp3) is 0.111. The zero-order valence-corrected chi connectivity index (χ0v) is 8.51. The van der Waals surface area contributed by atoms with Gasteiger partial charge < -0.3 is 15.8 Å². The third-order valence-electron chi connectivity index (χ3n) is 2.23. The molecule has 0 aliphatic heterocycles. The molecule has 2 aromatic rings. The zero-order valence-electron chi connectivity index (χ0n) is 7.69. The van der Waals surface area contributed by atoms with E-state index in [0.717, 1.165) is 15.6 Å². The van der Waals surface area contributed by atoms with Crippen molar-refractivity contribution in [3.8, 4) is 0 Å². The van der Waals surface area contributed by atoms with Crippen LogP contribution in [0.3, 0.4) is 0 Å². The monoisotopic (exact) mass is 207 g/mol. The predicted octanol–water partition coefficient (Wildman–Crippen LogP) is 0.472. The number of nitrogens with two attached hydrogens (primary N) is 1. The molecule has 2 rings (SSSR count). The molecule has 0 saturated heterocycles. The maximum Gasteiger partial charge on any atom is 0.489 e. The van der Waals surface area contributed by atoms with Crippen LogP contribution in [0.5, 0.6) is 0 Å². The molecule has 1 heterocycles. The Labute approximate surface area is 85.9 Å². The second-order valence-electron chi connectivity index (χ2n) is 3.24. The van der Waals surface area contributed by atoms with E-state index >= 15 is 0 Å². The minimum absolute atomic E-state index is 0.521. The van der Waals surface area contributed by atoms with E-state index in [2.05, 4.69) is 0 Å². The van der Waals surface area contributed by atoms with Crippen molar-refractivity contribution in [2.45, 2.75) is 6.92 Å². The molecular formula is C9H10BNO2S. The van der Waals surface area contributed by atoms with Gasteiger partial charge in [0, 0.05) is 4.70 Å². The van der Waals surface area contributed by atoms with E-state index in [-0.39, 0.29) is 0 Å². The summed E-state index contributed by atoms with van der Waals surface area (Å²) in [5.74, 6) is 0. The Bertz CT molecular complexity index is 481. The summed E-state index contributed by atoms with van der Waals surface area (Å²) >= 11 is 1.38. The van der Waals surface area contributed by atoms with Gasteiger partial charge in [0.2, 0.25) is 0 Å². The van der Waals surface area contributed by atoms with Crippen LogP contribution in [0, 0.1) is 6.92 Å². The molecule has 1 aromatic carbocycles. The Kier molecular flexibility index (Phi) is 2.22. The number of benzene rings is 1. The van der Waals surface area contributed by atoms with E-state index in [0.29, 0.717) is 10.5 Å². The summed E-state index contributed by atoms with van der Waals surface area (Å²) in [6.45, 7) is 1.97. The summed E-state index contributed by atoms with van der Waals surface area (Å²) in [7, 11) is -1.43. The molecule has 0 aliphatic rings. The molecule has 0 radical (unpaired) electrons. The number of rotatable bonds is 1. The third-order valence-corrected chi connectivity index (χ3v) is 3.24. The summed E-state index contributed by atoms with van der Waals surface area (Å²) in [6, 6.07) is 5.45. The van der Waals surface area contributed by atoms with E-state index in [1.54, 1.807) is 6.07 Å². The maximum absolute atomic E-state index is 9.14. The first kappa shape index (κ1) is 9.52. The zero-order chi connectivity index (χ0) is 10.3. The molecule has 0 unspecified atom stereocenters. The molecule has 0 fully saturated rings. The lowest BCUT2D eigenvalue weighted by atomic mass is 9.79. The smallest absolute Gasteiger partial charge is 0.423 e. The van der Waals surface area contributed by atoms with Crippen molar-refractivity contribution in [1.29, 1.82) is 0 Å². The average Bonchev–Trinajstić information content (AvgIpc) is 2.47. The van der Waals surface area contributed by atoms with Gasteiger partial charge in [-0.3, -0.25) is 0 Å². The minimum Gasteiger partial charge on any atom is -0.423 e. The van der Waals surface area contributed by atoms with Crippen LogP contribution >= 0.6 is 11.3 Å². The number of anilines is 1. The normalized spacial score (nSPS) is 10.8. The second kappa shape index (κ2) is 3.27. The molecule has 0 aliphatic carbocycles. The third kappa shape index (κ3) is 1.39. The number of nitrogen functional groups attached to an aromatic ring is 1. The van der Waals surface area contributed by atoms with Crippen LogP contribution in [0.2, 0.25) is 0 Å². The van der Waals surface area contributed by atoms with Crippen molar-refractivity contribution in [2.75, 3.05) is 5.73 Å². The van der Waals surface area contributed by atoms with E-state index in [9.17, 15) is 0 Å². The van der Waals surface area contributed by atoms with Gasteiger partial charge >= 0.3 is 7.12 Å². The van der Waals surface area contributed by atoms with Gasteiger partial charge in [0.05, 0.1) is 5.00 Å². The highest BCUT2D eigenvalue weighted by atomic mass is 32.1. The molecule has 0 saturated carbocycles. The topological polar surface area (TPSA) is 66.5 Å². The predicted molar refractivity (Wildman–Crippen MR) is 60.8 cm³/mol. The van der Waals surface area contributed by atoms with Crippen LogP contribution in [0.1, 0.15) is 5.56 Å². The van der Waals surface area contributed by atoms with E-state index in [1.807, 2.05) is 19.1 Å². The number of fused-ring (bicyclic) bond motifs is 1. The Hall–Kier alpha value is -1.04. The Morgan fingerprint density at radius 3 is 2.71 bits per heavy atom. The van der Waals surface area contributed by atoms with E-state index in [1.165, 1.54) is 11.3 Å². The molecule has 0 atom stereocenters. The Morgan fingerprint density at radius 2 is 2.07 bits per heavy atom. The van der Waals surface area contributed by atoms with Crippen molar-refractivity contribution in [3.05, 3.63) is 23.8 Å². The highest BCUT2D eigenvalue weighted by Gasteiger charge is 2.16. The molecule has 3 nitrogen and oxygen atoms in total. The average molecular weight is 207 g/mol. The lowest BCUT2D eigenvalue weighted by Crippen LogP contribution is -2.29. The molecule has 0 amide bonds. The second-order valence-corrected chi connectivity index (χ2v) is 4.32. The first-order valence-electron chi connectivity index (χ1n) is 4.24. The van der Waals surface area contributed by atoms with Gasteiger partial charge in [-0.2, -0.15) is 0 Å². The number of thiophene rings is 1. The minimum atomic E-state index is -1.43. The first-order chi connectivity index (χ1) is 6.59. The van der Waals surface area contributed by atoms with Crippen molar-refractivity contribution in [1.82, 2.24) is 0 Å². The van der Waals surface area contributed by atoms with E-state index < -0.39 is 7.12 Å².